The van der Waals surface area contributed by atoms with Crippen LogP contribution in [0.15, 0.2) is 54.6 Å². The number of nitrogens with one attached hydrogen (secondary N) is 2. The number of carbonyl (C=O) groups is 2. The molecule has 24 heavy (non-hydrogen) atoms. The first-order valence-electron chi connectivity index (χ1n) is 7.59. The van der Waals surface area contributed by atoms with Crippen LogP contribution in [0.25, 0.3) is 0 Å². The summed E-state index contributed by atoms with van der Waals surface area (Å²) in [4.78, 5) is 23.3. The molecule has 1 atom stereocenters. The van der Waals surface area contributed by atoms with E-state index in [0.29, 0.717) is 6.54 Å². The molecule has 0 bridgehead atoms. The maximum atomic E-state index is 12.2. The fourth-order valence-electron chi connectivity index (χ4n) is 2.31. The molecular weight excluding hydrogens is 306 g/mol. The van der Waals surface area contributed by atoms with E-state index in [0.717, 1.165) is 16.9 Å². The molecule has 0 unspecified atom stereocenters. The lowest BCUT2D eigenvalue weighted by molar-refractivity contribution is -0.121. The predicted molar refractivity (Wildman–Crippen MR) is 91.4 cm³/mol. The molecule has 0 spiro atoms. The molecule has 3 amide bonds. The third-order valence-corrected chi connectivity index (χ3v) is 3.56. The van der Waals surface area contributed by atoms with Crippen molar-refractivity contribution in [2.75, 3.05) is 7.11 Å². The minimum Gasteiger partial charge on any atom is -0.497 e. The second-order valence-electron chi connectivity index (χ2n) is 5.30. The van der Waals surface area contributed by atoms with Gasteiger partial charge >= 0.3 is 6.03 Å². The number of carbonyl (C=O) groups excluding carboxylic acids is 2. The summed E-state index contributed by atoms with van der Waals surface area (Å²) in [5.41, 5.74) is 7.00. The van der Waals surface area contributed by atoms with Crippen LogP contribution in [-0.4, -0.2) is 19.0 Å². The number of nitrogens with two attached hydrogens (primary N) is 1. The maximum absolute atomic E-state index is 12.2. The van der Waals surface area contributed by atoms with Crippen LogP contribution in [0.3, 0.4) is 0 Å². The average Bonchev–Trinajstić information content (AvgIpc) is 2.60. The number of methoxy groups -OCH3 is 1. The highest BCUT2D eigenvalue weighted by molar-refractivity contribution is 5.78. The van der Waals surface area contributed by atoms with Crippen molar-refractivity contribution in [3.8, 4) is 5.75 Å². The van der Waals surface area contributed by atoms with Gasteiger partial charge in [-0.15, -0.1) is 0 Å². The fourth-order valence-corrected chi connectivity index (χ4v) is 2.31. The van der Waals surface area contributed by atoms with E-state index in [-0.39, 0.29) is 12.3 Å². The Bertz CT molecular complexity index is 672. The molecule has 0 saturated carbocycles. The van der Waals surface area contributed by atoms with Gasteiger partial charge in [0.1, 0.15) is 5.75 Å². The molecule has 0 fully saturated rings. The molecule has 2 aromatic carbocycles. The third kappa shape index (κ3) is 5.31. The van der Waals surface area contributed by atoms with Crippen molar-refractivity contribution < 1.29 is 14.3 Å². The Morgan fingerprint density at radius 3 is 2.33 bits per heavy atom. The first kappa shape index (κ1) is 17.3. The predicted octanol–water partition coefficient (Wildman–Crippen LogP) is 2.11. The second-order valence-corrected chi connectivity index (χ2v) is 5.30. The van der Waals surface area contributed by atoms with E-state index in [1.807, 2.05) is 54.6 Å². The molecule has 0 heterocycles. The standard InChI is InChI=1S/C18H21N3O3/c1-24-15-9-7-13(8-10-15)12-20-17(22)11-16(21-18(19)23)14-5-3-2-4-6-14/h2-10,16H,11-12H2,1H3,(H,20,22)(H3,19,21,23)/t16-/m1/s1. The van der Waals surface area contributed by atoms with Gasteiger partial charge in [-0.25, -0.2) is 4.79 Å². The van der Waals surface area contributed by atoms with Crippen molar-refractivity contribution in [3.05, 3.63) is 65.7 Å². The number of primary amides is 1. The number of benzene rings is 2. The van der Waals surface area contributed by atoms with Crippen LogP contribution in [-0.2, 0) is 11.3 Å². The zero-order chi connectivity index (χ0) is 17.4. The summed E-state index contributed by atoms with van der Waals surface area (Å²) in [6.45, 7) is 0.404. The van der Waals surface area contributed by atoms with E-state index in [1.165, 1.54) is 0 Å². The highest BCUT2D eigenvalue weighted by Crippen LogP contribution is 2.16. The SMILES string of the molecule is COc1ccc(CNC(=O)C[C@@H](NC(N)=O)c2ccccc2)cc1. The van der Waals surface area contributed by atoms with Gasteiger partial charge < -0.3 is 21.1 Å². The highest BCUT2D eigenvalue weighted by atomic mass is 16.5. The van der Waals surface area contributed by atoms with Gasteiger partial charge in [0.05, 0.1) is 19.6 Å². The van der Waals surface area contributed by atoms with Gasteiger partial charge in [0, 0.05) is 6.54 Å². The summed E-state index contributed by atoms with van der Waals surface area (Å²) in [7, 11) is 1.60. The van der Waals surface area contributed by atoms with Crippen LogP contribution >= 0.6 is 0 Å². The molecule has 0 aliphatic carbocycles. The second kappa shape index (κ2) is 8.57. The Balaban J connectivity index is 1.93. The molecule has 126 valence electrons. The van der Waals surface area contributed by atoms with Crippen LogP contribution in [0.1, 0.15) is 23.6 Å². The summed E-state index contributed by atoms with van der Waals surface area (Å²) in [6.07, 6.45) is 0.114. The van der Waals surface area contributed by atoms with Gasteiger partial charge in [-0.1, -0.05) is 42.5 Å². The largest absolute Gasteiger partial charge is 0.497 e. The zero-order valence-corrected chi connectivity index (χ0v) is 13.5. The minimum absolute atomic E-state index is 0.114. The lowest BCUT2D eigenvalue weighted by atomic mass is 10.0. The van der Waals surface area contributed by atoms with Gasteiger partial charge in [-0.2, -0.15) is 0 Å². The lowest BCUT2D eigenvalue weighted by Crippen LogP contribution is -2.36. The van der Waals surface area contributed by atoms with E-state index >= 15 is 0 Å². The first-order valence-corrected chi connectivity index (χ1v) is 7.59. The first-order chi connectivity index (χ1) is 11.6. The Morgan fingerprint density at radius 2 is 1.75 bits per heavy atom. The van der Waals surface area contributed by atoms with Crippen LogP contribution in [0, 0.1) is 0 Å². The lowest BCUT2D eigenvalue weighted by Gasteiger charge is -2.17. The Kier molecular flexibility index (Phi) is 6.19. The van der Waals surface area contributed by atoms with Crippen molar-refractivity contribution in [1.29, 1.82) is 0 Å². The number of urea groups is 1. The molecule has 6 heteroatoms. The highest BCUT2D eigenvalue weighted by Gasteiger charge is 2.17. The molecule has 0 aliphatic heterocycles. The van der Waals surface area contributed by atoms with Crippen molar-refractivity contribution in [1.82, 2.24) is 10.6 Å². The molecule has 4 N–H and O–H groups in total. The number of rotatable bonds is 7. The molecule has 0 saturated heterocycles. The van der Waals surface area contributed by atoms with Gasteiger partial charge in [-0.05, 0) is 23.3 Å². The number of hydrogen-bond donors (Lipinski definition) is 3. The number of amides is 3. The van der Waals surface area contributed by atoms with Crippen molar-refractivity contribution >= 4 is 11.9 Å². The maximum Gasteiger partial charge on any atom is 0.312 e. The molecule has 0 aliphatic rings. The van der Waals surface area contributed by atoms with Crippen molar-refractivity contribution in [3.63, 3.8) is 0 Å². The van der Waals surface area contributed by atoms with Crippen LogP contribution in [0.4, 0.5) is 4.79 Å². The molecular formula is C18H21N3O3. The van der Waals surface area contributed by atoms with E-state index < -0.39 is 12.1 Å². The third-order valence-electron chi connectivity index (χ3n) is 3.56. The Hall–Kier alpha value is -3.02. The van der Waals surface area contributed by atoms with E-state index in [2.05, 4.69) is 10.6 Å². The van der Waals surface area contributed by atoms with Crippen LogP contribution in [0.2, 0.25) is 0 Å². The van der Waals surface area contributed by atoms with Gasteiger partial charge in [-0.3, -0.25) is 4.79 Å². The molecule has 2 aromatic rings. The van der Waals surface area contributed by atoms with E-state index in [9.17, 15) is 9.59 Å². The zero-order valence-electron chi connectivity index (χ0n) is 13.5. The molecule has 6 nitrogen and oxygen atoms in total. The topological polar surface area (TPSA) is 93.4 Å². The monoisotopic (exact) mass is 327 g/mol. The summed E-state index contributed by atoms with van der Waals surface area (Å²) >= 11 is 0. The van der Waals surface area contributed by atoms with Gasteiger partial charge in [0.2, 0.25) is 5.91 Å². The summed E-state index contributed by atoms with van der Waals surface area (Å²) < 4.78 is 5.09. The normalized spacial score (nSPS) is 11.4. The van der Waals surface area contributed by atoms with Crippen LogP contribution in [0.5, 0.6) is 5.75 Å². The quantitative estimate of drug-likeness (QED) is 0.727. The number of ether oxygens (including phenoxy) is 1. The summed E-state index contributed by atoms with van der Waals surface area (Å²) in [5, 5.41) is 5.44. The minimum atomic E-state index is -0.660. The van der Waals surface area contributed by atoms with Gasteiger partial charge in [0.25, 0.3) is 0 Å². The molecule has 0 radical (unpaired) electrons. The molecule has 2 rings (SSSR count). The Labute approximate surface area is 141 Å². The summed E-state index contributed by atoms with van der Waals surface area (Å²) in [5.74, 6) is 0.591. The number of hydrogen-bond acceptors (Lipinski definition) is 3. The van der Waals surface area contributed by atoms with Gasteiger partial charge in [0.15, 0.2) is 0 Å². The average molecular weight is 327 g/mol. The van der Waals surface area contributed by atoms with Crippen molar-refractivity contribution in [2.24, 2.45) is 5.73 Å². The van der Waals surface area contributed by atoms with E-state index in [1.54, 1.807) is 7.11 Å². The summed E-state index contributed by atoms with van der Waals surface area (Å²) in [6, 6.07) is 15.6. The Morgan fingerprint density at radius 1 is 1.08 bits per heavy atom. The fraction of sp³-hybridized carbons (Fsp3) is 0.222. The molecule has 0 aromatic heterocycles. The van der Waals surface area contributed by atoms with Crippen molar-refractivity contribution in [2.45, 2.75) is 19.0 Å². The van der Waals surface area contributed by atoms with Crippen LogP contribution < -0.4 is 21.1 Å². The smallest absolute Gasteiger partial charge is 0.312 e. The van der Waals surface area contributed by atoms with E-state index in [4.69, 9.17) is 10.5 Å².